The Labute approximate surface area is 194 Å². The first-order chi connectivity index (χ1) is 16.5. The lowest BCUT2D eigenvalue weighted by atomic mass is 10.1. The SMILES string of the molecule is NCCCNCc1ccc(-c2cnc(NC(=O)NCc3nc4ccccc4[nH]3)[nH]c2=O)cc1F. The van der Waals surface area contributed by atoms with Gasteiger partial charge in [0.25, 0.3) is 5.56 Å². The number of aromatic nitrogens is 4. The summed E-state index contributed by atoms with van der Waals surface area (Å²) in [4.78, 5) is 38.8. The largest absolute Gasteiger partial charge is 0.340 e. The lowest BCUT2D eigenvalue weighted by Gasteiger charge is -2.09. The fraction of sp³-hybridized carbons (Fsp3) is 0.217. The Balaban J connectivity index is 1.36. The zero-order valence-electron chi connectivity index (χ0n) is 18.3. The average Bonchev–Trinajstić information content (AvgIpc) is 3.25. The van der Waals surface area contributed by atoms with E-state index in [0.717, 1.165) is 17.5 Å². The maximum absolute atomic E-state index is 14.5. The maximum Gasteiger partial charge on any atom is 0.321 e. The second-order valence-electron chi connectivity index (χ2n) is 7.61. The molecular weight excluding hydrogens is 439 g/mol. The Morgan fingerprint density at radius 2 is 1.97 bits per heavy atom. The van der Waals surface area contributed by atoms with Crippen molar-refractivity contribution in [2.75, 3.05) is 18.4 Å². The molecule has 7 N–H and O–H groups in total. The van der Waals surface area contributed by atoms with Gasteiger partial charge in [0.05, 0.1) is 23.1 Å². The van der Waals surface area contributed by atoms with E-state index in [1.54, 1.807) is 12.1 Å². The molecule has 10 nitrogen and oxygen atoms in total. The van der Waals surface area contributed by atoms with E-state index in [0.29, 0.717) is 36.6 Å². The van der Waals surface area contributed by atoms with Crippen molar-refractivity contribution >= 4 is 23.0 Å². The summed E-state index contributed by atoms with van der Waals surface area (Å²) in [5, 5.41) is 8.23. The molecule has 0 atom stereocenters. The van der Waals surface area contributed by atoms with Gasteiger partial charge in [-0.3, -0.25) is 15.1 Å². The van der Waals surface area contributed by atoms with Crippen LogP contribution in [0.25, 0.3) is 22.2 Å². The highest BCUT2D eigenvalue weighted by atomic mass is 19.1. The lowest BCUT2D eigenvalue weighted by molar-refractivity contribution is 0.251. The minimum Gasteiger partial charge on any atom is -0.340 e. The number of anilines is 1. The van der Waals surface area contributed by atoms with Crippen molar-refractivity contribution in [3.8, 4) is 11.1 Å². The van der Waals surface area contributed by atoms with Crippen LogP contribution in [0.15, 0.2) is 53.5 Å². The molecule has 4 aromatic rings. The molecule has 0 radical (unpaired) electrons. The normalized spacial score (nSPS) is 11.0. The summed E-state index contributed by atoms with van der Waals surface area (Å²) in [7, 11) is 0. The summed E-state index contributed by atoms with van der Waals surface area (Å²) in [5.41, 5.74) is 7.67. The number of para-hydroxylation sites is 2. The number of benzene rings is 2. The molecule has 0 saturated heterocycles. The minimum absolute atomic E-state index is 0.0305. The number of nitrogens with two attached hydrogens (primary N) is 1. The number of amides is 2. The Bertz CT molecular complexity index is 1320. The number of hydrogen-bond acceptors (Lipinski definition) is 6. The standard InChI is InChI=1S/C23H25FN8O2/c24-17-10-14(6-7-15(17)11-26-9-3-8-25)16-12-27-22(31-21(16)33)32-23(34)28-13-20-29-18-4-1-2-5-19(18)30-20/h1-2,4-7,10,12,26H,3,8-9,11,13,25H2,(H,29,30)(H3,27,28,31,32,33,34). The van der Waals surface area contributed by atoms with Crippen LogP contribution in [0.4, 0.5) is 15.1 Å². The summed E-state index contributed by atoms with van der Waals surface area (Å²) in [6.07, 6.45) is 2.10. The van der Waals surface area contributed by atoms with Crippen LogP contribution in [0.5, 0.6) is 0 Å². The number of aromatic amines is 2. The van der Waals surface area contributed by atoms with Crippen LogP contribution < -0.4 is 27.2 Å². The van der Waals surface area contributed by atoms with Crippen molar-refractivity contribution in [2.24, 2.45) is 5.73 Å². The van der Waals surface area contributed by atoms with Gasteiger partial charge in [0.2, 0.25) is 5.95 Å². The van der Waals surface area contributed by atoms with E-state index >= 15 is 0 Å². The predicted octanol–water partition coefficient (Wildman–Crippen LogP) is 2.21. The number of carbonyl (C=O) groups excluding carboxylic acids is 1. The molecule has 0 bridgehead atoms. The van der Waals surface area contributed by atoms with Crippen LogP contribution in [-0.4, -0.2) is 39.1 Å². The van der Waals surface area contributed by atoms with Crippen LogP contribution in [0.1, 0.15) is 17.8 Å². The van der Waals surface area contributed by atoms with E-state index in [1.807, 2.05) is 24.3 Å². The zero-order valence-corrected chi connectivity index (χ0v) is 18.3. The first-order valence-corrected chi connectivity index (χ1v) is 10.8. The first kappa shape index (κ1) is 23.1. The van der Waals surface area contributed by atoms with Crippen molar-refractivity contribution in [1.29, 1.82) is 0 Å². The van der Waals surface area contributed by atoms with Gasteiger partial charge in [-0.25, -0.2) is 19.2 Å². The molecule has 2 aromatic heterocycles. The van der Waals surface area contributed by atoms with Gasteiger partial charge in [0.1, 0.15) is 11.6 Å². The molecule has 34 heavy (non-hydrogen) atoms. The number of urea groups is 1. The topological polar surface area (TPSA) is 154 Å². The molecular formula is C23H25FN8O2. The molecule has 4 rings (SSSR count). The third-order valence-corrected chi connectivity index (χ3v) is 5.12. The number of nitrogens with one attached hydrogen (secondary N) is 5. The molecule has 176 valence electrons. The van der Waals surface area contributed by atoms with E-state index in [4.69, 9.17) is 5.73 Å². The third-order valence-electron chi connectivity index (χ3n) is 5.12. The van der Waals surface area contributed by atoms with E-state index in [9.17, 15) is 14.0 Å². The third kappa shape index (κ3) is 5.63. The van der Waals surface area contributed by atoms with E-state index < -0.39 is 17.4 Å². The quantitative estimate of drug-likeness (QED) is 0.209. The van der Waals surface area contributed by atoms with Gasteiger partial charge >= 0.3 is 6.03 Å². The van der Waals surface area contributed by atoms with Crippen LogP contribution in [-0.2, 0) is 13.1 Å². The van der Waals surface area contributed by atoms with Gasteiger partial charge in [-0.1, -0.05) is 24.3 Å². The van der Waals surface area contributed by atoms with Crippen LogP contribution >= 0.6 is 0 Å². The Morgan fingerprint density at radius 3 is 2.74 bits per heavy atom. The molecule has 0 aliphatic rings. The number of hydrogen-bond donors (Lipinski definition) is 6. The van der Waals surface area contributed by atoms with E-state index in [1.165, 1.54) is 12.3 Å². The van der Waals surface area contributed by atoms with Crippen molar-refractivity contribution < 1.29 is 9.18 Å². The van der Waals surface area contributed by atoms with E-state index in [2.05, 4.69) is 35.9 Å². The highest BCUT2D eigenvalue weighted by molar-refractivity contribution is 5.87. The molecule has 0 unspecified atom stereocenters. The highest BCUT2D eigenvalue weighted by Crippen LogP contribution is 2.19. The molecule has 2 heterocycles. The van der Waals surface area contributed by atoms with Gasteiger partial charge in [-0.2, -0.15) is 0 Å². The van der Waals surface area contributed by atoms with Crippen molar-refractivity contribution in [1.82, 2.24) is 30.6 Å². The number of rotatable bonds is 9. The van der Waals surface area contributed by atoms with Crippen LogP contribution in [0, 0.1) is 5.82 Å². The van der Waals surface area contributed by atoms with Crippen LogP contribution in [0.3, 0.4) is 0 Å². The van der Waals surface area contributed by atoms with Crippen molar-refractivity contribution in [2.45, 2.75) is 19.5 Å². The molecule has 0 aliphatic heterocycles. The summed E-state index contributed by atoms with van der Waals surface area (Å²) in [5.74, 6) is 0.134. The molecule has 11 heteroatoms. The second-order valence-corrected chi connectivity index (χ2v) is 7.61. The Hall–Kier alpha value is -4.09. The maximum atomic E-state index is 14.5. The molecule has 0 aliphatic carbocycles. The average molecular weight is 465 g/mol. The molecule has 0 saturated carbocycles. The van der Waals surface area contributed by atoms with Gasteiger partial charge in [-0.15, -0.1) is 0 Å². The zero-order chi connectivity index (χ0) is 23.9. The highest BCUT2D eigenvalue weighted by Gasteiger charge is 2.11. The lowest BCUT2D eigenvalue weighted by Crippen LogP contribution is -2.30. The summed E-state index contributed by atoms with van der Waals surface area (Å²) in [6.45, 7) is 1.79. The molecule has 2 amide bonds. The second kappa shape index (κ2) is 10.7. The number of imidazole rings is 1. The van der Waals surface area contributed by atoms with Gasteiger partial charge in [0.15, 0.2) is 0 Å². The van der Waals surface area contributed by atoms with Gasteiger partial charge < -0.3 is 21.4 Å². The summed E-state index contributed by atoms with van der Waals surface area (Å²) >= 11 is 0. The fourth-order valence-corrected chi connectivity index (χ4v) is 3.38. The number of nitrogens with zero attached hydrogens (tertiary/aromatic N) is 2. The number of halogens is 1. The van der Waals surface area contributed by atoms with Crippen LogP contribution in [0.2, 0.25) is 0 Å². The Morgan fingerprint density at radius 1 is 1.12 bits per heavy atom. The number of carbonyl (C=O) groups is 1. The monoisotopic (exact) mass is 464 g/mol. The smallest absolute Gasteiger partial charge is 0.321 e. The van der Waals surface area contributed by atoms with E-state index in [-0.39, 0.29) is 18.1 Å². The fourth-order valence-electron chi connectivity index (χ4n) is 3.38. The number of H-pyrrole nitrogens is 2. The molecule has 2 aromatic carbocycles. The molecule has 0 fully saturated rings. The van der Waals surface area contributed by atoms with Gasteiger partial charge in [-0.05, 0) is 43.3 Å². The summed E-state index contributed by atoms with van der Waals surface area (Å²) < 4.78 is 14.5. The van der Waals surface area contributed by atoms with Crippen molar-refractivity contribution in [3.05, 3.63) is 76.2 Å². The first-order valence-electron chi connectivity index (χ1n) is 10.8. The summed E-state index contributed by atoms with van der Waals surface area (Å²) in [6, 6.07) is 11.5. The Kier molecular flexibility index (Phi) is 7.25. The number of fused-ring (bicyclic) bond motifs is 1. The molecule has 0 spiro atoms. The predicted molar refractivity (Wildman–Crippen MR) is 128 cm³/mol. The van der Waals surface area contributed by atoms with Crippen molar-refractivity contribution in [3.63, 3.8) is 0 Å². The minimum atomic E-state index is -0.561. The van der Waals surface area contributed by atoms with Gasteiger partial charge in [0, 0.05) is 18.3 Å².